The van der Waals surface area contributed by atoms with Gasteiger partial charge in [-0.2, -0.15) is 0 Å². The minimum atomic E-state index is 0. The molecule has 0 atom stereocenters. The minimum Gasteiger partial charge on any atom is -0.356 e. The highest BCUT2D eigenvalue weighted by Crippen LogP contribution is 2.20. The third-order valence-corrected chi connectivity index (χ3v) is 5.69. The summed E-state index contributed by atoms with van der Waals surface area (Å²) in [7, 11) is 0. The van der Waals surface area contributed by atoms with Gasteiger partial charge in [0.2, 0.25) is 0 Å². The quantitative estimate of drug-likeness (QED) is 0.295. The van der Waals surface area contributed by atoms with E-state index in [1.165, 1.54) is 86.7 Å². The van der Waals surface area contributed by atoms with E-state index in [-0.39, 0.29) is 12.4 Å². The molecular weight excluding hydrogens is 386 g/mol. The van der Waals surface area contributed by atoms with Crippen molar-refractivity contribution in [3.05, 3.63) is 59.7 Å². The van der Waals surface area contributed by atoms with E-state index in [4.69, 9.17) is 0 Å². The Balaban J connectivity index is 0.00000450. The SMILES string of the molecule is CC(C)CCCCCc1ccc(Nc2ccc(CCCCCC(C)C)cc2)cc1.Cl. The lowest BCUT2D eigenvalue weighted by Crippen LogP contribution is -1.93. The van der Waals surface area contributed by atoms with Gasteiger partial charge in [0.25, 0.3) is 0 Å². The molecule has 0 aliphatic heterocycles. The monoisotopic (exact) mass is 429 g/mol. The molecule has 0 fully saturated rings. The van der Waals surface area contributed by atoms with Crippen LogP contribution in [0.25, 0.3) is 0 Å². The van der Waals surface area contributed by atoms with E-state index in [1.54, 1.807) is 0 Å². The van der Waals surface area contributed by atoms with Crippen molar-refractivity contribution >= 4 is 23.8 Å². The molecule has 0 aliphatic carbocycles. The Labute approximate surface area is 192 Å². The van der Waals surface area contributed by atoms with Crippen molar-refractivity contribution in [3.63, 3.8) is 0 Å². The smallest absolute Gasteiger partial charge is 0.0384 e. The normalized spacial score (nSPS) is 11.0. The second-order valence-electron chi connectivity index (χ2n) is 9.51. The minimum absolute atomic E-state index is 0. The highest BCUT2D eigenvalue weighted by atomic mass is 35.5. The highest BCUT2D eigenvalue weighted by molar-refractivity contribution is 5.85. The number of anilines is 2. The summed E-state index contributed by atoms with van der Waals surface area (Å²) in [6.45, 7) is 9.26. The van der Waals surface area contributed by atoms with Crippen LogP contribution in [0, 0.1) is 11.8 Å². The molecule has 0 saturated carbocycles. The van der Waals surface area contributed by atoms with Crippen molar-refractivity contribution in [1.29, 1.82) is 0 Å². The molecule has 0 aliphatic rings. The fourth-order valence-electron chi connectivity index (χ4n) is 3.79. The lowest BCUT2D eigenvalue weighted by Gasteiger charge is -2.09. The number of unbranched alkanes of at least 4 members (excludes halogenated alkanes) is 4. The second kappa shape index (κ2) is 15.3. The molecule has 168 valence electrons. The second-order valence-corrected chi connectivity index (χ2v) is 9.51. The van der Waals surface area contributed by atoms with Crippen LogP contribution in [0.15, 0.2) is 48.5 Å². The topological polar surface area (TPSA) is 12.0 Å². The summed E-state index contributed by atoms with van der Waals surface area (Å²) in [6, 6.07) is 18.0. The van der Waals surface area contributed by atoms with Crippen LogP contribution in [0.2, 0.25) is 0 Å². The van der Waals surface area contributed by atoms with Gasteiger partial charge in [-0.1, -0.05) is 90.5 Å². The molecule has 0 aromatic heterocycles. The summed E-state index contributed by atoms with van der Waals surface area (Å²) < 4.78 is 0. The Morgan fingerprint density at radius 1 is 0.533 bits per heavy atom. The van der Waals surface area contributed by atoms with Crippen LogP contribution in [0.3, 0.4) is 0 Å². The summed E-state index contributed by atoms with van der Waals surface area (Å²) in [5.74, 6) is 1.67. The number of hydrogen-bond acceptors (Lipinski definition) is 1. The number of rotatable bonds is 14. The van der Waals surface area contributed by atoms with Crippen LogP contribution in [0.1, 0.15) is 90.2 Å². The Hall–Kier alpha value is -1.47. The predicted molar refractivity (Wildman–Crippen MR) is 137 cm³/mol. The molecule has 0 heterocycles. The molecule has 1 N–H and O–H groups in total. The van der Waals surface area contributed by atoms with Gasteiger partial charge in [-0.15, -0.1) is 12.4 Å². The van der Waals surface area contributed by atoms with Gasteiger partial charge in [-0.05, 0) is 72.9 Å². The molecule has 0 bridgehead atoms. The third-order valence-electron chi connectivity index (χ3n) is 5.69. The van der Waals surface area contributed by atoms with Crippen molar-refractivity contribution < 1.29 is 0 Å². The zero-order chi connectivity index (χ0) is 20.9. The van der Waals surface area contributed by atoms with Crippen LogP contribution >= 0.6 is 12.4 Å². The van der Waals surface area contributed by atoms with Crippen molar-refractivity contribution in [1.82, 2.24) is 0 Å². The Kier molecular flexibility index (Phi) is 13.6. The Morgan fingerprint density at radius 2 is 0.900 bits per heavy atom. The summed E-state index contributed by atoms with van der Waals surface area (Å²) in [6.07, 6.45) is 13.2. The molecule has 0 saturated heterocycles. The molecule has 2 aromatic carbocycles. The highest BCUT2D eigenvalue weighted by Gasteiger charge is 2.00. The van der Waals surface area contributed by atoms with Crippen LogP contribution in [-0.4, -0.2) is 0 Å². The first-order valence-corrected chi connectivity index (χ1v) is 12.0. The van der Waals surface area contributed by atoms with Crippen LogP contribution < -0.4 is 5.32 Å². The van der Waals surface area contributed by atoms with Gasteiger partial charge in [0.15, 0.2) is 0 Å². The lowest BCUT2D eigenvalue weighted by atomic mass is 10.0. The first-order chi connectivity index (χ1) is 14.0. The van der Waals surface area contributed by atoms with Crippen LogP contribution in [0.5, 0.6) is 0 Å². The number of benzene rings is 2. The van der Waals surface area contributed by atoms with Gasteiger partial charge in [-0.3, -0.25) is 0 Å². The zero-order valence-corrected chi connectivity index (χ0v) is 20.6. The molecule has 30 heavy (non-hydrogen) atoms. The summed E-state index contributed by atoms with van der Waals surface area (Å²) in [5.41, 5.74) is 5.26. The molecular formula is C28H44ClN. The van der Waals surface area contributed by atoms with Gasteiger partial charge < -0.3 is 5.32 Å². The Bertz CT molecular complexity index is 599. The number of nitrogens with one attached hydrogen (secondary N) is 1. The van der Waals surface area contributed by atoms with Crippen LogP contribution in [0.4, 0.5) is 11.4 Å². The van der Waals surface area contributed by atoms with Crippen molar-refractivity contribution in [2.24, 2.45) is 11.8 Å². The Morgan fingerprint density at radius 3 is 1.23 bits per heavy atom. The van der Waals surface area contributed by atoms with E-state index in [2.05, 4.69) is 81.5 Å². The molecule has 0 radical (unpaired) electrons. The fourth-order valence-corrected chi connectivity index (χ4v) is 3.79. The first kappa shape index (κ1) is 26.6. The molecule has 1 nitrogen and oxygen atoms in total. The predicted octanol–water partition coefficient (Wildman–Crippen LogP) is 9.37. The van der Waals surface area contributed by atoms with Crippen molar-refractivity contribution in [3.8, 4) is 0 Å². The maximum absolute atomic E-state index is 3.54. The van der Waals surface area contributed by atoms with Gasteiger partial charge in [0.05, 0.1) is 0 Å². The third kappa shape index (κ3) is 11.6. The van der Waals surface area contributed by atoms with E-state index < -0.39 is 0 Å². The maximum Gasteiger partial charge on any atom is 0.0384 e. The van der Waals surface area contributed by atoms with E-state index in [1.807, 2.05) is 0 Å². The van der Waals surface area contributed by atoms with Gasteiger partial charge in [-0.25, -0.2) is 0 Å². The fraction of sp³-hybridized carbons (Fsp3) is 0.571. The molecule has 0 amide bonds. The lowest BCUT2D eigenvalue weighted by molar-refractivity contribution is 0.527. The van der Waals surface area contributed by atoms with Crippen LogP contribution in [-0.2, 0) is 12.8 Å². The summed E-state index contributed by atoms with van der Waals surface area (Å²) in [4.78, 5) is 0. The van der Waals surface area contributed by atoms with E-state index >= 15 is 0 Å². The summed E-state index contributed by atoms with van der Waals surface area (Å²) >= 11 is 0. The van der Waals surface area contributed by atoms with E-state index in [9.17, 15) is 0 Å². The van der Waals surface area contributed by atoms with E-state index in [0.717, 1.165) is 11.8 Å². The van der Waals surface area contributed by atoms with Crippen molar-refractivity contribution in [2.45, 2.75) is 91.9 Å². The molecule has 0 spiro atoms. The largest absolute Gasteiger partial charge is 0.356 e. The molecule has 2 aromatic rings. The van der Waals surface area contributed by atoms with Gasteiger partial charge in [0.1, 0.15) is 0 Å². The molecule has 0 unspecified atom stereocenters. The molecule has 2 heteroatoms. The zero-order valence-electron chi connectivity index (χ0n) is 19.8. The summed E-state index contributed by atoms with van der Waals surface area (Å²) in [5, 5.41) is 3.54. The average molecular weight is 430 g/mol. The number of halogens is 1. The van der Waals surface area contributed by atoms with E-state index in [0.29, 0.717) is 0 Å². The van der Waals surface area contributed by atoms with Gasteiger partial charge in [0, 0.05) is 11.4 Å². The standard InChI is InChI=1S/C28H43N.ClH/c1-23(2)11-7-5-9-13-25-15-19-27(20-16-25)29-28-21-17-26(18-22-28)14-10-6-8-12-24(3)4;/h15-24,29H,5-14H2,1-4H3;1H. The maximum atomic E-state index is 3.54. The average Bonchev–Trinajstić information content (AvgIpc) is 2.69. The first-order valence-electron chi connectivity index (χ1n) is 12.0. The number of hydrogen-bond donors (Lipinski definition) is 1. The molecule has 2 rings (SSSR count). The number of aryl methyl sites for hydroxylation is 2. The van der Waals surface area contributed by atoms with Crippen molar-refractivity contribution in [2.75, 3.05) is 5.32 Å². The van der Waals surface area contributed by atoms with Gasteiger partial charge >= 0.3 is 0 Å².